The third-order valence-corrected chi connectivity index (χ3v) is 5.02. The smallest absolute Gasteiger partial charge is 0.246 e. The molecule has 2 heterocycles. The van der Waals surface area contributed by atoms with E-state index in [1.807, 2.05) is 6.92 Å². The number of nitrogens with zero attached hydrogens (tertiary/aromatic N) is 1. The Balaban J connectivity index is 1.63. The highest BCUT2D eigenvalue weighted by Gasteiger charge is 2.38. The van der Waals surface area contributed by atoms with Crippen LogP contribution in [0.5, 0.6) is 0 Å². The molecule has 0 radical (unpaired) electrons. The Labute approximate surface area is 119 Å². The Morgan fingerprint density at radius 3 is 3.00 bits per heavy atom. The fraction of sp³-hybridized carbons (Fsp3) is 0.562. The lowest BCUT2D eigenvalue weighted by Gasteiger charge is -2.29. The molecule has 2 bridgehead atoms. The molecule has 1 aliphatic carbocycles. The van der Waals surface area contributed by atoms with Crippen molar-refractivity contribution in [2.75, 3.05) is 23.3 Å². The first-order valence-corrected chi connectivity index (χ1v) is 7.71. The normalized spacial score (nSPS) is 30.8. The van der Waals surface area contributed by atoms with Crippen molar-refractivity contribution in [1.29, 1.82) is 0 Å². The minimum Gasteiger partial charge on any atom is -0.368 e. The van der Waals surface area contributed by atoms with Crippen LogP contribution in [0.3, 0.4) is 0 Å². The summed E-state index contributed by atoms with van der Waals surface area (Å²) in [5, 5.41) is 6.25. The highest BCUT2D eigenvalue weighted by molar-refractivity contribution is 6.03. The van der Waals surface area contributed by atoms with Gasteiger partial charge < -0.3 is 15.5 Å². The molecule has 4 heteroatoms. The summed E-state index contributed by atoms with van der Waals surface area (Å²) in [6.07, 6.45) is 4.07. The average molecular weight is 271 g/mol. The van der Waals surface area contributed by atoms with E-state index >= 15 is 0 Å². The summed E-state index contributed by atoms with van der Waals surface area (Å²) in [6, 6.07) is 7.00. The maximum atomic E-state index is 12.0. The van der Waals surface area contributed by atoms with Gasteiger partial charge in [0.2, 0.25) is 5.91 Å². The molecule has 0 spiro atoms. The molecule has 2 N–H and O–H groups in total. The van der Waals surface area contributed by atoms with Crippen LogP contribution in [-0.4, -0.2) is 25.0 Å². The molecule has 4 nitrogen and oxygen atoms in total. The van der Waals surface area contributed by atoms with Gasteiger partial charge in [-0.2, -0.15) is 0 Å². The molecule has 3 aliphatic rings. The van der Waals surface area contributed by atoms with Crippen LogP contribution in [0.2, 0.25) is 0 Å². The second-order valence-corrected chi connectivity index (χ2v) is 6.24. The van der Waals surface area contributed by atoms with Crippen molar-refractivity contribution in [2.45, 2.75) is 38.3 Å². The maximum Gasteiger partial charge on any atom is 0.246 e. The van der Waals surface area contributed by atoms with E-state index in [9.17, 15) is 4.79 Å². The first kappa shape index (κ1) is 12.2. The predicted octanol–water partition coefficient (Wildman–Crippen LogP) is 2.28. The fourth-order valence-electron chi connectivity index (χ4n) is 4.08. The standard InChI is InChI=1S/C16H21N3O/c1-2-17-15-13-6-5-12(8-14(13)18-16(15)20)19-9-10-3-4-11(19)7-10/h5-6,8,10-11,15,17H,2-4,7,9H2,1H3,(H,18,20). The number of hydrogen-bond donors (Lipinski definition) is 2. The summed E-state index contributed by atoms with van der Waals surface area (Å²) in [5.41, 5.74) is 3.35. The Hall–Kier alpha value is -1.55. The third-order valence-electron chi connectivity index (χ3n) is 5.02. The molecule has 3 atom stereocenters. The predicted molar refractivity (Wildman–Crippen MR) is 80.0 cm³/mol. The van der Waals surface area contributed by atoms with E-state index in [0.29, 0.717) is 0 Å². The molecule has 2 aliphatic heterocycles. The highest BCUT2D eigenvalue weighted by Crippen LogP contribution is 2.42. The van der Waals surface area contributed by atoms with Gasteiger partial charge in [-0.25, -0.2) is 0 Å². The van der Waals surface area contributed by atoms with Gasteiger partial charge in [-0.05, 0) is 43.9 Å². The van der Waals surface area contributed by atoms with E-state index in [4.69, 9.17) is 0 Å². The Morgan fingerprint density at radius 2 is 2.30 bits per heavy atom. The summed E-state index contributed by atoms with van der Waals surface area (Å²) >= 11 is 0. The number of nitrogens with one attached hydrogen (secondary N) is 2. The molecule has 1 amide bonds. The summed E-state index contributed by atoms with van der Waals surface area (Å²) in [6.45, 7) is 4.02. The van der Waals surface area contributed by atoms with E-state index in [-0.39, 0.29) is 11.9 Å². The topological polar surface area (TPSA) is 44.4 Å². The molecule has 1 saturated heterocycles. The van der Waals surface area contributed by atoms with Crippen LogP contribution in [-0.2, 0) is 4.79 Å². The molecule has 1 aromatic carbocycles. The van der Waals surface area contributed by atoms with E-state index in [1.165, 1.54) is 31.5 Å². The number of anilines is 2. The summed E-state index contributed by atoms with van der Waals surface area (Å²) in [7, 11) is 0. The SMILES string of the molecule is CCNC1C(=O)Nc2cc(N3CC4CCC3C4)ccc21. The van der Waals surface area contributed by atoms with Crippen molar-refractivity contribution in [3.63, 3.8) is 0 Å². The molecule has 0 aromatic heterocycles. The number of amides is 1. The van der Waals surface area contributed by atoms with Crippen molar-refractivity contribution in [3.8, 4) is 0 Å². The van der Waals surface area contributed by atoms with Crippen molar-refractivity contribution < 1.29 is 4.79 Å². The summed E-state index contributed by atoms with van der Waals surface area (Å²) < 4.78 is 0. The number of rotatable bonds is 3. The summed E-state index contributed by atoms with van der Waals surface area (Å²) in [5.74, 6) is 0.958. The largest absolute Gasteiger partial charge is 0.368 e. The van der Waals surface area contributed by atoms with Crippen molar-refractivity contribution in [1.82, 2.24) is 5.32 Å². The van der Waals surface area contributed by atoms with Gasteiger partial charge >= 0.3 is 0 Å². The quantitative estimate of drug-likeness (QED) is 0.886. The highest BCUT2D eigenvalue weighted by atomic mass is 16.2. The van der Waals surface area contributed by atoms with Gasteiger partial charge in [-0.15, -0.1) is 0 Å². The monoisotopic (exact) mass is 271 g/mol. The van der Waals surface area contributed by atoms with Crippen LogP contribution in [0.25, 0.3) is 0 Å². The van der Waals surface area contributed by atoms with Crippen LogP contribution < -0.4 is 15.5 Å². The lowest BCUT2D eigenvalue weighted by atomic mass is 10.1. The maximum absolute atomic E-state index is 12.0. The van der Waals surface area contributed by atoms with Crippen molar-refractivity contribution in [3.05, 3.63) is 23.8 Å². The van der Waals surface area contributed by atoms with Crippen LogP contribution in [0, 0.1) is 5.92 Å². The zero-order valence-corrected chi connectivity index (χ0v) is 11.9. The fourth-order valence-corrected chi connectivity index (χ4v) is 4.08. The summed E-state index contributed by atoms with van der Waals surface area (Å²) in [4.78, 5) is 14.5. The minimum absolute atomic E-state index is 0.0712. The number of likely N-dealkylation sites (N-methyl/N-ethyl adjacent to an activating group) is 1. The molecule has 4 rings (SSSR count). The zero-order valence-electron chi connectivity index (χ0n) is 11.9. The second kappa shape index (κ2) is 4.48. The van der Waals surface area contributed by atoms with Crippen LogP contribution >= 0.6 is 0 Å². The first-order chi connectivity index (χ1) is 9.76. The lowest BCUT2D eigenvalue weighted by molar-refractivity contribution is -0.117. The number of carbonyl (C=O) groups is 1. The van der Waals surface area contributed by atoms with Crippen LogP contribution in [0.15, 0.2) is 18.2 Å². The van der Waals surface area contributed by atoms with E-state index in [0.717, 1.165) is 29.8 Å². The molecule has 106 valence electrons. The third kappa shape index (κ3) is 1.74. The van der Waals surface area contributed by atoms with Crippen molar-refractivity contribution in [2.24, 2.45) is 5.92 Å². The minimum atomic E-state index is -0.181. The van der Waals surface area contributed by atoms with Gasteiger partial charge in [0, 0.05) is 29.5 Å². The van der Waals surface area contributed by atoms with Crippen LogP contribution in [0.4, 0.5) is 11.4 Å². The Kier molecular flexibility index (Phi) is 2.74. The van der Waals surface area contributed by atoms with Crippen molar-refractivity contribution >= 4 is 17.3 Å². The molecule has 20 heavy (non-hydrogen) atoms. The molecule has 3 unspecified atom stereocenters. The molecular formula is C16H21N3O. The van der Waals surface area contributed by atoms with Crippen LogP contribution in [0.1, 0.15) is 37.8 Å². The van der Waals surface area contributed by atoms with Gasteiger partial charge in [-0.3, -0.25) is 4.79 Å². The Morgan fingerprint density at radius 1 is 1.40 bits per heavy atom. The number of hydrogen-bond acceptors (Lipinski definition) is 3. The zero-order chi connectivity index (χ0) is 13.7. The average Bonchev–Trinajstić information content (AvgIpc) is 3.13. The van der Waals surface area contributed by atoms with Gasteiger partial charge in [0.25, 0.3) is 0 Å². The Bertz CT molecular complexity index is 557. The molecule has 1 saturated carbocycles. The van der Waals surface area contributed by atoms with E-state index in [1.54, 1.807) is 0 Å². The molecular weight excluding hydrogens is 250 g/mol. The molecule has 1 aromatic rings. The first-order valence-electron chi connectivity index (χ1n) is 7.71. The second-order valence-electron chi connectivity index (χ2n) is 6.24. The van der Waals surface area contributed by atoms with Gasteiger partial charge in [-0.1, -0.05) is 13.0 Å². The molecule has 2 fully saturated rings. The number of piperidine rings is 1. The lowest BCUT2D eigenvalue weighted by Crippen LogP contribution is -2.31. The van der Waals surface area contributed by atoms with Gasteiger partial charge in [0.05, 0.1) is 0 Å². The van der Waals surface area contributed by atoms with Gasteiger partial charge in [0.15, 0.2) is 0 Å². The van der Waals surface area contributed by atoms with E-state index in [2.05, 4.69) is 33.7 Å². The van der Waals surface area contributed by atoms with Gasteiger partial charge in [0.1, 0.15) is 6.04 Å². The number of fused-ring (bicyclic) bond motifs is 3. The number of carbonyl (C=O) groups excluding carboxylic acids is 1. The number of benzene rings is 1. The van der Waals surface area contributed by atoms with E-state index < -0.39 is 0 Å².